The Labute approximate surface area is 96.8 Å². The zero-order valence-electron chi connectivity index (χ0n) is 9.25. The summed E-state index contributed by atoms with van der Waals surface area (Å²) in [5.74, 6) is -0.291. The number of aliphatic hydroxyl groups excluding tert-OH is 1. The van der Waals surface area contributed by atoms with Gasteiger partial charge in [0.2, 0.25) is 0 Å². The van der Waals surface area contributed by atoms with E-state index in [0.717, 1.165) is 0 Å². The van der Waals surface area contributed by atoms with Crippen LogP contribution in [0.1, 0.15) is 11.1 Å². The second-order valence-electron chi connectivity index (χ2n) is 3.29. The van der Waals surface area contributed by atoms with Gasteiger partial charge < -0.3 is 14.6 Å². The fourth-order valence-corrected chi connectivity index (χ4v) is 1.39. The van der Waals surface area contributed by atoms with Gasteiger partial charge in [-0.25, -0.2) is 0 Å². The molecule has 0 amide bonds. The van der Waals surface area contributed by atoms with Crippen LogP contribution in [-0.4, -0.2) is 25.4 Å². The number of hydrogen-bond donors (Lipinski definition) is 1. The SMILES string of the molecule is COCCOc1cccc(CO)c1C(F)(F)F. The number of benzene rings is 1. The van der Waals surface area contributed by atoms with Gasteiger partial charge in [-0.1, -0.05) is 12.1 Å². The van der Waals surface area contributed by atoms with Crippen LogP contribution in [0.5, 0.6) is 5.75 Å². The molecule has 1 aromatic carbocycles. The Morgan fingerprint density at radius 3 is 2.47 bits per heavy atom. The molecule has 3 nitrogen and oxygen atoms in total. The topological polar surface area (TPSA) is 38.7 Å². The third-order valence-corrected chi connectivity index (χ3v) is 2.11. The summed E-state index contributed by atoms with van der Waals surface area (Å²) >= 11 is 0. The summed E-state index contributed by atoms with van der Waals surface area (Å²) in [5.41, 5.74) is -1.13. The molecule has 0 aliphatic heterocycles. The number of methoxy groups -OCH3 is 1. The summed E-state index contributed by atoms with van der Waals surface area (Å²) in [6.45, 7) is -0.467. The highest BCUT2D eigenvalue weighted by Gasteiger charge is 2.36. The van der Waals surface area contributed by atoms with Crippen LogP contribution in [0.4, 0.5) is 13.2 Å². The largest absolute Gasteiger partial charge is 0.491 e. The first-order valence-corrected chi connectivity index (χ1v) is 4.92. The Bertz CT molecular complexity index is 363. The predicted molar refractivity (Wildman–Crippen MR) is 54.7 cm³/mol. The van der Waals surface area contributed by atoms with E-state index < -0.39 is 18.3 Å². The van der Waals surface area contributed by atoms with Crippen molar-refractivity contribution in [3.63, 3.8) is 0 Å². The molecule has 0 saturated carbocycles. The van der Waals surface area contributed by atoms with Crippen molar-refractivity contribution in [1.29, 1.82) is 0 Å². The minimum Gasteiger partial charge on any atom is -0.491 e. The number of hydrogen-bond acceptors (Lipinski definition) is 3. The average molecular weight is 250 g/mol. The molecule has 0 heterocycles. The van der Waals surface area contributed by atoms with Crippen LogP contribution in [0.15, 0.2) is 18.2 Å². The molecule has 0 aromatic heterocycles. The summed E-state index contributed by atoms with van der Waals surface area (Å²) in [5, 5.41) is 8.90. The highest BCUT2D eigenvalue weighted by atomic mass is 19.4. The van der Waals surface area contributed by atoms with Crippen LogP contribution in [0.25, 0.3) is 0 Å². The van der Waals surface area contributed by atoms with E-state index in [2.05, 4.69) is 4.74 Å². The average Bonchev–Trinajstić information content (AvgIpc) is 2.27. The van der Waals surface area contributed by atoms with E-state index in [-0.39, 0.29) is 24.5 Å². The van der Waals surface area contributed by atoms with Gasteiger partial charge in [0, 0.05) is 7.11 Å². The van der Waals surface area contributed by atoms with Crippen LogP contribution >= 0.6 is 0 Å². The van der Waals surface area contributed by atoms with Gasteiger partial charge in [0.05, 0.1) is 13.2 Å². The fraction of sp³-hybridized carbons (Fsp3) is 0.455. The van der Waals surface area contributed by atoms with Crippen LogP contribution in [0.3, 0.4) is 0 Å². The summed E-state index contributed by atoms with van der Waals surface area (Å²) in [6.07, 6.45) is -4.55. The monoisotopic (exact) mass is 250 g/mol. The third-order valence-electron chi connectivity index (χ3n) is 2.11. The first-order chi connectivity index (χ1) is 8.00. The molecule has 17 heavy (non-hydrogen) atoms. The van der Waals surface area contributed by atoms with E-state index >= 15 is 0 Å². The molecule has 6 heteroatoms. The maximum atomic E-state index is 12.8. The molecule has 0 saturated heterocycles. The Morgan fingerprint density at radius 1 is 1.24 bits per heavy atom. The molecule has 0 atom stereocenters. The van der Waals surface area contributed by atoms with Gasteiger partial charge in [0.15, 0.2) is 0 Å². The van der Waals surface area contributed by atoms with Gasteiger partial charge in [0.1, 0.15) is 17.9 Å². The van der Waals surface area contributed by atoms with Crippen molar-refractivity contribution < 1.29 is 27.8 Å². The minimum absolute atomic E-state index is 0.0223. The lowest BCUT2D eigenvalue weighted by molar-refractivity contribution is -0.140. The predicted octanol–water partition coefficient (Wildman–Crippen LogP) is 2.22. The number of rotatable bonds is 5. The zero-order chi connectivity index (χ0) is 12.9. The summed E-state index contributed by atoms with van der Waals surface area (Å²) in [6, 6.07) is 3.84. The van der Waals surface area contributed by atoms with Crippen molar-refractivity contribution in [2.24, 2.45) is 0 Å². The van der Waals surface area contributed by atoms with E-state index in [9.17, 15) is 13.2 Å². The fourth-order valence-electron chi connectivity index (χ4n) is 1.39. The second-order valence-corrected chi connectivity index (χ2v) is 3.29. The molecule has 0 unspecified atom stereocenters. The highest BCUT2D eigenvalue weighted by molar-refractivity contribution is 5.42. The Hall–Kier alpha value is -1.27. The molecule has 0 fully saturated rings. The molecule has 1 rings (SSSR count). The van der Waals surface area contributed by atoms with Gasteiger partial charge in [-0.15, -0.1) is 0 Å². The smallest absolute Gasteiger partial charge is 0.420 e. The Balaban J connectivity index is 3.02. The Kier molecular flexibility index (Phi) is 4.77. The number of ether oxygens (including phenoxy) is 2. The normalized spacial score (nSPS) is 11.6. The van der Waals surface area contributed by atoms with Crippen molar-refractivity contribution in [2.75, 3.05) is 20.3 Å². The number of alkyl halides is 3. The molecular formula is C11H13F3O3. The lowest BCUT2D eigenvalue weighted by Gasteiger charge is -2.16. The van der Waals surface area contributed by atoms with Gasteiger partial charge in [-0.05, 0) is 11.6 Å². The van der Waals surface area contributed by atoms with E-state index in [4.69, 9.17) is 9.84 Å². The van der Waals surface area contributed by atoms with Gasteiger partial charge in [-0.3, -0.25) is 0 Å². The van der Waals surface area contributed by atoms with Crippen molar-refractivity contribution in [2.45, 2.75) is 12.8 Å². The highest BCUT2D eigenvalue weighted by Crippen LogP contribution is 2.38. The minimum atomic E-state index is -4.55. The van der Waals surface area contributed by atoms with E-state index in [1.807, 2.05) is 0 Å². The van der Waals surface area contributed by atoms with E-state index in [1.165, 1.54) is 25.3 Å². The summed E-state index contributed by atoms with van der Waals surface area (Å²) in [7, 11) is 1.43. The second kappa shape index (κ2) is 5.88. The molecule has 0 aliphatic carbocycles. The Morgan fingerprint density at radius 2 is 1.94 bits per heavy atom. The van der Waals surface area contributed by atoms with Crippen LogP contribution in [0.2, 0.25) is 0 Å². The first kappa shape index (κ1) is 13.8. The van der Waals surface area contributed by atoms with Crippen LogP contribution < -0.4 is 4.74 Å². The third kappa shape index (κ3) is 3.61. The molecule has 96 valence electrons. The molecule has 0 radical (unpaired) electrons. The lowest BCUT2D eigenvalue weighted by Crippen LogP contribution is -2.14. The van der Waals surface area contributed by atoms with Gasteiger partial charge >= 0.3 is 6.18 Å². The van der Waals surface area contributed by atoms with Crippen molar-refractivity contribution in [1.82, 2.24) is 0 Å². The maximum Gasteiger partial charge on any atom is 0.420 e. The molecule has 1 N–H and O–H groups in total. The van der Waals surface area contributed by atoms with Crippen molar-refractivity contribution >= 4 is 0 Å². The number of halogens is 3. The quantitative estimate of drug-likeness (QED) is 0.814. The standard InChI is InChI=1S/C11H13F3O3/c1-16-5-6-17-9-4-2-3-8(7-15)10(9)11(12,13)14/h2-4,15H,5-7H2,1H3. The molecule has 1 aromatic rings. The first-order valence-electron chi connectivity index (χ1n) is 4.92. The lowest BCUT2D eigenvalue weighted by atomic mass is 10.1. The van der Waals surface area contributed by atoms with Crippen LogP contribution in [-0.2, 0) is 17.5 Å². The van der Waals surface area contributed by atoms with Gasteiger partial charge in [-0.2, -0.15) is 13.2 Å². The summed E-state index contributed by atoms with van der Waals surface area (Å²) in [4.78, 5) is 0. The molecule has 0 bridgehead atoms. The molecular weight excluding hydrogens is 237 g/mol. The van der Waals surface area contributed by atoms with Gasteiger partial charge in [0.25, 0.3) is 0 Å². The van der Waals surface area contributed by atoms with E-state index in [0.29, 0.717) is 0 Å². The maximum absolute atomic E-state index is 12.8. The summed E-state index contributed by atoms with van der Waals surface area (Å²) < 4.78 is 48.0. The molecule has 0 spiro atoms. The number of aliphatic hydroxyl groups is 1. The molecule has 0 aliphatic rings. The van der Waals surface area contributed by atoms with Crippen LogP contribution in [0, 0.1) is 0 Å². The van der Waals surface area contributed by atoms with E-state index in [1.54, 1.807) is 0 Å². The zero-order valence-corrected chi connectivity index (χ0v) is 9.25. The van der Waals surface area contributed by atoms with Crippen molar-refractivity contribution in [3.8, 4) is 5.75 Å². The van der Waals surface area contributed by atoms with Crippen molar-refractivity contribution in [3.05, 3.63) is 29.3 Å².